The fourth-order valence-electron chi connectivity index (χ4n) is 4.30. The first kappa shape index (κ1) is 12.9. The number of aliphatic imine (C=N–C) groups is 1. The van der Waals surface area contributed by atoms with Gasteiger partial charge in [-0.05, 0) is 51.9 Å². The molecule has 3 rings (SSSR count). The van der Waals surface area contributed by atoms with Crippen LogP contribution in [0.25, 0.3) is 0 Å². The van der Waals surface area contributed by atoms with E-state index in [0.717, 1.165) is 19.3 Å². The van der Waals surface area contributed by atoms with Crippen LogP contribution >= 0.6 is 0 Å². The van der Waals surface area contributed by atoms with Crippen molar-refractivity contribution in [2.24, 2.45) is 16.3 Å². The lowest BCUT2D eigenvalue weighted by Crippen LogP contribution is -2.47. The molecule has 0 unspecified atom stereocenters. The molecular formula is C15H21NO3. The standard InChI is InChI=1S/C15H21NO3/c1-9(2)10-3-5-14-7-12(16-8-14)15(19,13(17)18)6-4-11(10)14/h8,11-12,19H,3-7H2,1-2H3,(H,17,18)/t11-,12-,14+,15+/m0/s1. The van der Waals surface area contributed by atoms with E-state index in [9.17, 15) is 15.0 Å². The van der Waals surface area contributed by atoms with Crippen LogP contribution < -0.4 is 0 Å². The van der Waals surface area contributed by atoms with Crippen LogP contribution in [0.15, 0.2) is 16.1 Å². The number of rotatable bonds is 1. The summed E-state index contributed by atoms with van der Waals surface area (Å²) in [6, 6.07) is -0.466. The molecule has 4 nitrogen and oxygen atoms in total. The van der Waals surface area contributed by atoms with Gasteiger partial charge < -0.3 is 10.2 Å². The fraction of sp³-hybridized carbons (Fsp3) is 0.733. The maximum absolute atomic E-state index is 11.4. The van der Waals surface area contributed by atoms with Gasteiger partial charge in [-0.1, -0.05) is 11.1 Å². The molecule has 0 aromatic carbocycles. The van der Waals surface area contributed by atoms with Crippen LogP contribution in [0, 0.1) is 11.3 Å². The van der Waals surface area contributed by atoms with Crippen molar-refractivity contribution < 1.29 is 15.0 Å². The van der Waals surface area contributed by atoms with Gasteiger partial charge in [-0.3, -0.25) is 4.99 Å². The van der Waals surface area contributed by atoms with Gasteiger partial charge in [0, 0.05) is 11.6 Å². The lowest BCUT2D eigenvalue weighted by Gasteiger charge is -2.28. The van der Waals surface area contributed by atoms with Crippen molar-refractivity contribution in [3.05, 3.63) is 11.1 Å². The molecule has 3 aliphatic rings. The third-order valence-electron chi connectivity index (χ3n) is 5.44. The fourth-order valence-corrected chi connectivity index (χ4v) is 4.30. The number of carboxylic acid groups (broad SMARTS) is 1. The highest BCUT2D eigenvalue weighted by Gasteiger charge is 2.58. The summed E-state index contributed by atoms with van der Waals surface area (Å²) in [6.07, 6.45) is 5.87. The number of carbonyl (C=O) groups is 1. The lowest BCUT2D eigenvalue weighted by atomic mass is 9.74. The quantitative estimate of drug-likeness (QED) is 0.712. The van der Waals surface area contributed by atoms with Crippen molar-refractivity contribution >= 4 is 12.2 Å². The summed E-state index contributed by atoms with van der Waals surface area (Å²) in [6.45, 7) is 4.26. The Labute approximate surface area is 113 Å². The Morgan fingerprint density at radius 3 is 2.79 bits per heavy atom. The number of aliphatic carboxylic acids is 1. The highest BCUT2D eigenvalue weighted by molar-refractivity contribution is 5.81. The molecule has 0 amide bonds. The molecule has 0 radical (unpaired) electrons. The molecule has 0 saturated heterocycles. The number of hydrogen-bond acceptors (Lipinski definition) is 3. The molecule has 1 aliphatic heterocycles. The van der Waals surface area contributed by atoms with Crippen molar-refractivity contribution in [3.63, 3.8) is 0 Å². The van der Waals surface area contributed by atoms with Crippen molar-refractivity contribution in [2.75, 3.05) is 0 Å². The number of nitrogens with zero attached hydrogens (tertiary/aromatic N) is 1. The SMILES string of the molecule is CC(C)=C1CC[C@]23C=N[C@@H](C2)[C@@](O)(C(=O)O)CC[C@@H]13. The molecule has 104 valence electrons. The Kier molecular flexibility index (Phi) is 2.65. The van der Waals surface area contributed by atoms with E-state index in [-0.39, 0.29) is 5.41 Å². The zero-order valence-corrected chi connectivity index (χ0v) is 11.5. The van der Waals surface area contributed by atoms with Crippen LogP contribution in [-0.2, 0) is 4.79 Å². The van der Waals surface area contributed by atoms with Gasteiger partial charge in [0.15, 0.2) is 5.60 Å². The van der Waals surface area contributed by atoms with Gasteiger partial charge in [-0.15, -0.1) is 0 Å². The molecule has 2 saturated carbocycles. The lowest BCUT2D eigenvalue weighted by molar-refractivity contribution is -0.161. The maximum Gasteiger partial charge on any atom is 0.337 e. The molecule has 0 aromatic rings. The predicted octanol–water partition coefficient (Wildman–Crippen LogP) is 2.17. The second-order valence-electron chi connectivity index (χ2n) is 6.58. The van der Waals surface area contributed by atoms with Crippen molar-refractivity contribution in [2.45, 2.75) is 57.6 Å². The molecule has 4 heteroatoms. The van der Waals surface area contributed by atoms with Crippen LogP contribution in [0.5, 0.6) is 0 Å². The third kappa shape index (κ3) is 1.62. The first-order valence-electron chi connectivity index (χ1n) is 7.05. The zero-order chi connectivity index (χ0) is 13.8. The van der Waals surface area contributed by atoms with Crippen LogP contribution in [-0.4, -0.2) is 34.0 Å². The summed E-state index contributed by atoms with van der Waals surface area (Å²) in [5.41, 5.74) is 1.15. The summed E-state index contributed by atoms with van der Waals surface area (Å²) in [4.78, 5) is 15.8. The minimum absolute atomic E-state index is 0.0111. The van der Waals surface area contributed by atoms with Crippen molar-refractivity contribution in [3.8, 4) is 0 Å². The van der Waals surface area contributed by atoms with E-state index in [1.807, 2.05) is 6.21 Å². The normalized spacial score (nSPS) is 44.1. The second-order valence-corrected chi connectivity index (χ2v) is 6.58. The molecule has 2 N–H and O–H groups in total. The van der Waals surface area contributed by atoms with Crippen LogP contribution in [0.4, 0.5) is 0 Å². The largest absolute Gasteiger partial charge is 0.479 e. The summed E-state index contributed by atoms with van der Waals surface area (Å²) in [7, 11) is 0. The summed E-state index contributed by atoms with van der Waals surface area (Å²) >= 11 is 0. The minimum atomic E-state index is -1.67. The smallest absolute Gasteiger partial charge is 0.337 e. The molecule has 4 atom stereocenters. The van der Waals surface area contributed by atoms with E-state index in [0.29, 0.717) is 18.8 Å². The number of hydrogen-bond donors (Lipinski definition) is 2. The first-order chi connectivity index (χ1) is 8.89. The van der Waals surface area contributed by atoms with Gasteiger partial charge in [0.05, 0.1) is 6.04 Å². The predicted molar refractivity (Wildman–Crippen MR) is 72.2 cm³/mol. The first-order valence-corrected chi connectivity index (χ1v) is 7.05. The van der Waals surface area contributed by atoms with E-state index >= 15 is 0 Å². The number of allylic oxidation sites excluding steroid dienone is 2. The van der Waals surface area contributed by atoms with Crippen LogP contribution in [0.2, 0.25) is 0 Å². The highest BCUT2D eigenvalue weighted by Crippen LogP contribution is 2.57. The van der Waals surface area contributed by atoms with E-state index < -0.39 is 17.6 Å². The number of aliphatic hydroxyl groups is 1. The summed E-state index contributed by atoms with van der Waals surface area (Å²) in [5.74, 6) is -0.745. The highest BCUT2D eigenvalue weighted by atomic mass is 16.4. The Morgan fingerprint density at radius 2 is 2.16 bits per heavy atom. The summed E-state index contributed by atoms with van der Waals surface area (Å²) < 4.78 is 0. The van der Waals surface area contributed by atoms with E-state index in [1.54, 1.807) is 0 Å². The molecule has 2 bridgehead atoms. The molecule has 19 heavy (non-hydrogen) atoms. The minimum Gasteiger partial charge on any atom is -0.479 e. The number of carboxylic acids is 1. The van der Waals surface area contributed by atoms with Gasteiger partial charge in [0.2, 0.25) is 0 Å². The molecular weight excluding hydrogens is 242 g/mol. The average Bonchev–Trinajstić information content (AvgIpc) is 2.89. The van der Waals surface area contributed by atoms with Crippen molar-refractivity contribution in [1.82, 2.24) is 0 Å². The molecule has 2 fully saturated rings. The Morgan fingerprint density at radius 1 is 1.42 bits per heavy atom. The Bertz CT molecular complexity index is 492. The van der Waals surface area contributed by atoms with Gasteiger partial charge in [0.25, 0.3) is 0 Å². The van der Waals surface area contributed by atoms with Crippen LogP contribution in [0.1, 0.15) is 46.0 Å². The van der Waals surface area contributed by atoms with Crippen LogP contribution in [0.3, 0.4) is 0 Å². The average molecular weight is 263 g/mol. The topological polar surface area (TPSA) is 69.9 Å². The molecule has 2 aliphatic carbocycles. The van der Waals surface area contributed by atoms with Gasteiger partial charge in [-0.2, -0.15) is 0 Å². The maximum atomic E-state index is 11.4. The van der Waals surface area contributed by atoms with Crippen molar-refractivity contribution in [1.29, 1.82) is 0 Å². The van der Waals surface area contributed by atoms with E-state index in [4.69, 9.17) is 0 Å². The molecule has 1 spiro atoms. The van der Waals surface area contributed by atoms with E-state index in [2.05, 4.69) is 18.8 Å². The molecule has 1 heterocycles. The van der Waals surface area contributed by atoms with E-state index in [1.165, 1.54) is 11.1 Å². The third-order valence-corrected chi connectivity index (χ3v) is 5.44. The van der Waals surface area contributed by atoms with Gasteiger partial charge >= 0.3 is 5.97 Å². The van der Waals surface area contributed by atoms with Gasteiger partial charge in [0.1, 0.15) is 0 Å². The Hall–Kier alpha value is -1.16. The van der Waals surface area contributed by atoms with Gasteiger partial charge in [-0.25, -0.2) is 4.79 Å². The Balaban J connectivity index is 2.02. The molecule has 0 aromatic heterocycles. The second kappa shape index (κ2) is 3.92. The monoisotopic (exact) mass is 263 g/mol. The summed E-state index contributed by atoms with van der Waals surface area (Å²) in [5, 5.41) is 19.8. The number of fused-ring (bicyclic) bond motifs is 1. The zero-order valence-electron chi connectivity index (χ0n) is 11.5.